The van der Waals surface area contributed by atoms with Gasteiger partial charge in [-0.3, -0.25) is 10.1 Å². The Morgan fingerprint density at radius 1 is 1.12 bits per heavy atom. The molecule has 0 bridgehead atoms. The van der Waals surface area contributed by atoms with Crippen molar-refractivity contribution in [3.63, 3.8) is 0 Å². The van der Waals surface area contributed by atoms with Crippen molar-refractivity contribution >= 4 is 23.1 Å². The van der Waals surface area contributed by atoms with Gasteiger partial charge in [0.25, 0.3) is 0 Å². The van der Waals surface area contributed by atoms with Gasteiger partial charge >= 0.3 is 5.69 Å². The number of nitro groups is 1. The van der Waals surface area contributed by atoms with Gasteiger partial charge in [0, 0.05) is 19.3 Å². The topological polar surface area (TPSA) is 97.1 Å². The summed E-state index contributed by atoms with van der Waals surface area (Å²) >= 11 is 0. The van der Waals surface area contributed by atoms with Gasteiger partial charge in [0.05, 0.1) is 4.92 Å². The fraction of sp³-hybridized carbons (Fsp3) is 0.438. The molecule has 0 unspecified atom stereocenters. The van der Waals surface area contributed by atoms with E-state index in [-0.39, 0.29) is 11.5 Å². The van der Waals surface area contributed by atoms with Crippen LogP contribution in [0.25, 0.3) is 0 Å². The van der Waals surface area contributed by atoms with Crippen molar-refractivity contribution in [3.8, 4) is 0 Å². The molecule has 0 saturated carbocycles. The Kier molecular flexibility index (Phi) is 4.83. The lowest BCUT2D eigenvalue weighted by Gasteiger charge is -2.21. The van der Waals surface area contributed by atoms with E-state index in [1.165, 1.54) is 6.33 Å². The maximum Gasteiger partial charge on any atom is 0.353 e. The highest BCUT2D eigenvalue weighted by atomic mass is 16.6. The molecule has 0 aromatic carbocycles. The summed E-state index contributed by atoms with van der Waals surface area (Å²) in [5.41, 5.74) is 0.921. The molecule has 1 fully saturated rings. The lowest BCUT2D eigenvalue weighted by atomic mass is 10.2. The monoisotopic (exact) mass is 328 g/mol. The van der Waals surface area contributed by atoms with Crippen LogP contribution in [0.15, 0.2) is 24.7 Å². The second kappa shape index (κ2) is 7.20. The van der Waals surface area contributed by atoms with E-state index in [0.717, 1.165) is 44.3 Å². The van der Waals surface area contributed by atoms with Crippen LogP contribution in [0.4, 0.5) is 23.1 Å². The first-order valence-electron chi connectivity index (χ1n) is 8.09. The average molecular weight is 328 g/mol. The van der Waals surface area contributed by atoms with Crippen LogP contribution >= 0.6 is 0 Å². The third-order valence-corrected chi connectivity index (χ3v) is 4.05. The Labute approximate surface area is 140 Å². The second-order valence-corrected chi connectivity index (χ2v) is 5.90. The highest BCUT2D eigenvalue weighted by molar-refractivity contribution is 5.73. The lowest BCUT2D eigenvalue weighted by molar-refractivity contribution is -0.383. The standard InChI is InChI=1S/C16H20N6O2/c1-12-6-7-13(17-10-12)20-15-14(22(23)24)16(19-11-18-15)21-8-4-2-3-5-9-21/h6-7,10-11H,2-5,8-9H2,1H3,(H,17,18,19,20). The molecule has 0 aliphatic carbocycles. The van der Waals surface area contributed by atoms with Gasteiger partial charge < -0.3 is 10.2 Å². The summed E-state index contributed by atoms with van der Waals surface area (Å²) in [6, 6.07) is 3.66. The molecule has 0 amide bonds. The van der Waals surface area contributed by atoms with Crippen molar-refractivity contribution in [2.24, 2.45) is 0 Å². The van der Waals surface area contributed by atoms with Gasteiger partial charge in [-0.1, -0.05) is 18.9 Å². The minimum atomic E-state index is -0.420. The van der Waals surface area contributed by atoms with Crippen LogP contribution in [0, 0.1) is 17.0 Å². The molecule has 0 atom stereocenters. The molecule has 1 N–H and O–H groups in total. The Morgan fingerprint density at radius 3 is 2.50 bits per heavy atom. The van der Waals surface area contributed by atoms with Gasteiger partial charge in [0.1, 0.15) is 12.1 Å². The third-order valence-electron chi connectivity index (χ3n) is 4.05. The predicted octanol–water partition coefficient (Wildman–Crippen LogP) is 3.21. The van der Waals surface area contributed by atoms with Crippen molar-refractivity contribution in [3.05, 3.63) is 40.3 Å². The molecule has 24 heavy (non-hydrogen) atoms. The van der Waals surface area contributed by atoms with Gasteiger partial charge in [-0.25, -0.2) is 15.0 Å². The Bertz CT molecular complexity index is 711. The van der Waals surface area contributed by atoms with Crippen molar-refractivity contribution in [1.82, 2.24) is 15.0 Å². The van der Waals surface area contributed by atoms with Gasteiger partial charge in [0.15, 0.2) is 0 Å². The fourth-order valence-electron chi connectivity index (χ4n) is 2.81. The van der Waals surface area contributed by atoms with Crippen LogP contribution in [-0.2, 0) is 0 Å². The van der Waals surface area contributed by atoms with Gasteiger partial charge in [-0.2, -0.15) is 0 Å². The zero-order valence-electron chi connectivity index (χ0n) is 13.6. The molecule has 3 heterocycles. The minimum absolute atomic E-state index is 0.0956. The molecule has 1 saturated heterocycles. The van der Waals surface area contributed by atoms with Crippen LogP contribution < -0.4 is 10.2 Å². The van der Waals surface area contributed by atoms with Crippen molar-refractivity contribution in [2.45, 2.75) is 32.6 Å². The number of pyridine rings is 1. The number of nitrogens with zero attached hydrogens (tertiary/aromatic N) is 5. The summed E-state index contributed by atoms with van der Waals surface area (Å²) in [5, 5.41) is 14.6. The summed E-state index contributed by atoms with van der Waals surface area (Å²) in [5.74, 6) is 1.07. The van der Waals surface area contributed by atoms with Crippen molar-refractivity contribution < 1.29 is 4.92 Å². The van der Waals surface area contributed by atoms with Gasteiger partial charge in [-0.05, 0) is 31.4 Å². The van der Waals surface area contributed by atoms with E-state index in [4.69, 9.17) is 0 Å². The highest BCUT2D eigenvalue weighted by Gasteiger charge is 2.27. The van der Waals surface area contributed by atoms with Crippen molar-refractivity contribution in [2.75, 3.05) is 23.3 Å². The molecule has 2 aromatic rings. The van der Waals surface area contributed by atoms with E-state index in [1.807, 2.05) is 17.9 Å². The number of aromatic nitrogens is 3. The van der Waals surface area contributed by atoms with Gasteiger partial charge in [0.2, 0.25) is 11.6 Å². The second-order valence-electron chi connectivity index (χ2n) is 5.90. The third kappa shape index (κ3) is 3.58. The lowest BCUT2D eigenvalue weighted by Crippen LogP contribution is -2.26. The largest absolute Gasteiger partial charge is 0.353 e. The normalized spacial score (nSPS) is 15.0. The average Bonchev–Trinajstić information content (AvgIpc) is 2.86. The summed E-state index contributed by atoms with van der Waals surface area (Å²) in [6.07, 6.45) is 7.39. The minimum Gasteiger partial charge on any atom is -0.351 e. The number of hydrogen-bond donors (Lipinski definition) is 1. The summed E-state index contributed by atoms with van der Waals surface area (Å²) in [4.78, 5) is 25.7. The number of anilines is 3. The van der Waals surface area contributed by atoms with Gasteiger partial charge in [-0.15, -0.1) is 0 Å². The molecule has 0 radical (unpaired) electrons. The Balaban J connectivity index is 1.95. The van der Waals surface area contributed by atoms with E-state index >= 15 is 0 Å². The first-order chi connectivity index (χ1) is 11.6. The van der Waals surface area contributed by atoms with E-state index in [9.17, 15) is 10.1 Å². The smallest absolute Gasteiger partial charge is 0.351 e. The maximum atomic E-state index is 11.7. The molecule has 8 heteroatoms. The number of nitrogens with one attached hydrogen (secondary N) is 1. The summed E-state index contributed by atoms with van der Waals surface area (Å²) in [6.45, 7) is 3.49. The molecule has 0 spiro atoms. The van der Waals surface area contributed by atoms with Crippen LogP contribution in [0.2, 0.25) is 0 Å². The number of aryl methyl sites for hydroxylation is 1. The fourth-order valence-corrected chi connectivity index (χ4v) is 2.81. The van der Waals surface area contributed by atoms with Crippen LogP contribution in [0.1, 0.15) is 31.2 Å². The maximum absolute atomic E-state index is 11.7. The quantitative estimate of drug-likeness (QED) is 0.679. The van der Waals surface area contributed by atoms with E-state index in [0.29, 0.717) is 11.6 Å². The van der Waals surface area contributed by atoms with E-state index in [2.05, 4.69) is 20.3 Å². The molecule has 3 rings (SSSR count). The number of hydrogen-bond acceptors (Lipinski definition) is 7. The zero-order valence-corrected chi connectivity index (χ0v) is 13.6. The zero-order chi connectivity index (χ0) is 16.9. The molecule has 1 aliphatic rings. The predicted molar refractivity (Wildman–Crippen MR) is 91.6 cm³/mol. The molecule has 2 aromatic heterocycles. The Morgan fingerprint density at radius 2 is 1.88 bits per heavy atom. The highest BCUT2D eigenvalue weighted by Crippen LogP contribution is 2.34. The molecule has 1 aliphatic heterocycles. The molecule has 126 valence electrons. The Hall–Kier alpha value is -2.77. The van der Waals surface area contributed by atoms with E-state index < -0.39 is 4.92 Å². The van der Waals surface area contributed by atoms with Crippen LogP contribution in [0.5, 0.6) is 0 Å². The summed E-state index contributed by atoms with van der Waals surface area (Å²) < 4.78 is 0. The SMILES string of the molecule is Cc1ccc(Nc2ncnc(N3CCCCCC3)c2[N+](=O)[O-])nc1. The molecular weight excluding hydrogens is 308 g/mol. The summed E-state index contributed by atoms with van der Waals surface area (Å²) in [7, 11) is 0. The molecular formula is C16H20N6O2. The first-order valence-corrected chi connectivity index (χ1v) is 8.09. The van der Waals surface area contributed by atoms with Crippen LogP contribution in [-0.4, -0.2) is 33.0 Å². The van der Waals surface area contributed by atoms with E-state index in [1.54, 1.807) is 12.3 Å². The first kappa shape index (κ1) is 16.1. The number of rotatable bonds is 4. The van der Waals surface area contributed by atoms with Crippen LogP contribution in [0.3, 0.4) is 0 Å². The molecule has 8 nitrogen and oxygen atoms in total. The van der Waals surface area contributed by atoms with Crippen molar-refractivity contribution in [1.29, 1.82) is 0 Å².